The molecule has 0 amide bonds. The van der Waals surface area contributed by atoms with Gasteiger partial charge in [0.05, 0.1) is 16.6 Å². The Morgan fingerprint density at radius 1 is 1.00 bits per heavy atom. The first kappa shape index (κ1) is 13.3. The number of aromatic nitrogens is 2. The Morgan fingerprint density at radius 2 is 1.67 bits per heavy atom. The molecule has 1 heterocycles. The third kappa shape index (κ3) is 2.26. The van der Waals surface area contributed by atoms with Crippen LogP contribution in [0.3, 0.4) is 0 Å². The average Bonchev–Trinajstić information content (AvgIpc) is 2.79. The highest BCUT2D eigenvalue weighted by Gasteiger charge is 2.30. The van der Waals surface area contributed by atoms with E-state index in [1.54, 1.807) is 0 Å². The number of nitrogens with zero attached hydrogens (tertiary/aromatic N) is 1. The Kier molecular flexibility index (Phi) is 2.79. The Hall–Kier alpha value is -2.70. The van der Waals surface area contributed by atoms with Gasteiger partial charge in [0, 0.05) is 0 Å². The lowest BCUT2D eigenvalue weighted by molar-refractivity contribution is -0.137. The quantitative estimate of drug-likeness (QED) is 0.641. The summed E-state index contributed by atoms with van der Waals surface area (Å²) in [5, 5.41) is 19.5. The molecular weight excluding hydrogens is 285 g/mol. The predicted octanol–water partition coefficient (Wildman–Crippen LogP) is 3.66. The standard InChI is InChI=1S/C14H9F3N2O2/c15-14(16,17)7-4-5-8-9(6-7)19-13(18-8)12-10(20)2-1-3-11(12)21/h1-6,20-21H,(H,18,19). The zero-order chi connectivity index (χ0) is 15.2. The highest BCUT2D eigenvalue weighted by Crippen LogP contribution is 2.37. The highest BCUT2D eigenvalue weighted by atomic mass is 19.4. The van der Waals surface area contributed by atoms with E-state index in [1.165, 1.54) is 24.3 Å². The number of phenols is 2. The van der Waals surface area contributed by atoms with Gasteiger partial charge in [-0.15, -0.1) is 0 Å². The first-order valence-electron chi connectivity index (χ1n) is 5.94. The molecule has 0 atom stereocenters. The number of imidazole rings is 1. The molecule has 0 aliphatic rings. The van der Waals surface area contributed by atoms with Crippen molar-refractivity contribution in [2.45, 2.75) is 6.18 Å². The maximum atomic E-state index is 12.7. The molecule has 0 aliphatic heterocycles. The Morgan fingerprint density at radius 3 is 2.29 bits per heavy atom. The Balaban J connectivity index is 2.18. The zero-order valence-electron chi connectivity index (χ0n) is 10.4. The van der Waals surface area contributed by atoms with Crippen LogP contribution in [0.1, 0.15) is 5.56 Å². The topological polar surface area (TPSA) is 69.1 Å². The van der Waals surface area contributed by atoms with Crippen molar-refractivity contribution in [2.75, 3.05) is 0 Å². The fourth-order valence-electron chi connectivity index (χ4n) is 2.08. The van der Waals surface area contributed by atoms with Crippen molar-refractivity contribution in [1.29, 1.82) is 0 Å². The molecule has 0 saturated heterocycles. The minimum atomic E-state index is -4.45. The molecule has 0 radical (unpaired) electrons. The van der Waals surface area contributed by atoms with Gasteiger partial charge >= 0.3 is 6.18 Å². The molecule has 4 nitrogen and oxygen atoms in total. The number of aromatic amines is 1. The van der Waals surface area contributed by atoms with E-state index < -0.39 is 11.7 Å². The molecule has 3 rings (SSSR count). The summed E-state index contributed by atoms with van der Waals surface area (Å²) in [5.41, 5.74) is -0.280. The lowest BCUT2D eigenvalue weighted by atomic mass is 10.1. The molecule has 0 saturated carbocycles. The molecule has 7 heteroatoms. The van der Waals surface area contributed by atoms with E-state index in [1.807, 2.05) is 0 Å². The van der Waals surface area contributed by atoms with Crippen LogP contribution >= 0.6 is 0 Å². The number of fused-ring (bicyclic) bond motifs is 1. The van der Waals surface area contributed by atoms with Crippen molar-refractivity contribution in [3.63, 3.8) is 0 Å². The van der Waals surface area contributed by atoms with Crippen LogP contribution < -0.4 is 0 Å². The summed E-state index contributed by atoms with van der Waals surface area (Å²) in [5.74, 6) is -0.338. The monoisotopic (exact) mass is 294 g/mol. The molecule has 0 fully saturated rings. The van der Waals surface area contributed by atoms with Crippen LogP contribution in [0, 0.1) is 0 Å². The number of H-pyrrole nitrogens is 1. The third-order valence-corrected chi connectivity index (χ3v) is 3.07. The van der Waals surface area contributed by atoms with E-state index in [0.29, 0.717) is 5.52 Å². The number of aromatic hydroxyl groups is 2. The predicted molar refractivity (Wildman–Crippen MR) is 69.9 cm³/mol. The van der Waals surface area contributed by atoms with E-state index in [-0.39, 0.29) is 28.4 Å². The van der Waals surface area contributed by atoms with Gasteiger partial charge in [-0.25, -0.2) is 4.98 Å². The van der Waals surface area contributed by atoms with Gasteiger partial charge in [0.15, 0.2) is 0 Å². The van der Waals surface area contributed by atoms with E-state index in [0.717, 1.165) is 12.1 Å². The number of halogens is 3. The van der Waals surface area contributed by atoms with Crippen molar-refractivity contribution in [3.05, 3.63) is 42.0 Å². The van der Waals surface area contributed by atoms with Crippen LogP contribution in [0.25, 0.3) is 22.4 Å². The second-order valence-corrected chi connectivity index (χ2v) is 4.49. The van der Waals surface area contributed by atoms with Crippen molar-refractivity contribution >= 4 is 11.0 Å². The molecular formula is C14H9F3N2O2. The SMILES string of the molecule is Oc1cccc(O)c1-c1nc2ccc(C(F)(F)F)cc2[nH]1. The van der Waals surface area contributed by atoms with Crippen LogP contribution in [-0.2, 0) is 6.18 Å². The first-order valence-corrected chi connectivity index (χ1v) is 5.94. The van der Waals surface area contributed by atoms with Gasteiger partial charge in [-0.3, -0.25) is 0 Å². The first-order chi connectivity index (χ1) is 9.86. The van der Waals surface area contributed by atoms with E-state index >= 15 is 0 Å². The maximum absolute atomic E-state index is 12.7. The summed E-state index contributed by atoms with van der Waals surface area (Å²) in [6, 6.07) is 7.24. The number of alkyl halides is 3. The molecule has 0 aliphatic carbocycles. The van der Waals surface area contributed by atoms with Gasteiger partial charge in [-0.1, -0.05) is 6.07 Å². The largest absolute Gasteiger partial charge is 0.507 e. The van der Waals surface area contributed by atoms with Gasteiger partial charge in [0.2, 0.25) is 0 Å². The Bertz CT molecular complexity index is 804. The fraction of sp³-hybridized carbons (Fsp3) is 0.0714. The van der Waals surface area contributed by atoms with Crippen molar-refractivity contribution < 1.29 is 23.4 Å². The summed E-state index contributed by atoms with van der Waals surface area (Å²) in [6.07, 6.45) is -4.45. The summed E-state index contributed by atoms with van der Waals surface area (Å²) < 4.78 is 38.0. The zero-order valence-corrected chi connectivity index (χ0v) is 10.4. The molecule has 0 spiro atoms. The maximum Gasteiger partial charge on any atom is 0.416 e. The van der Waals surface area contributed by atoms with E-state index in [4.69, 9.17) is 0 Å². The lowest BCUT2D eigenvalue weighted by Crippen LogP contribution is -2.04. The van der Waals surface area contributed by atoms with Crippen molar-refractivity contribution in [2.24, 2.45) is 0 Å². The minimum absolute atomic E-state index is 0.0438. The number of phenolic OH excluding ortho intramolecular Hbond substituents is 2. The van der Waals surface area contributed by atoms with Crippen LogP contribution in [0.4, 0.5) is 13.2 Å². The van der Waals surface area contributed by atoms with Gasteiger partial charge in [-0.05, 0) is 30.3 Å². The average molecular weight is 294 g/mol. The molecule has 2 aromatic carbocycles. The summed E-state index contributed by atoms with van der Waals surface area (Å²) in [6.45, 7) is 0. The van der Waals surface area contributed by atoms with Gasteiger partial charge in [0.25, 0.3) is 0 Å². The highest BCUT2D eigenvalue weighted by molar-refractivity contribution is 5.83. The van der Waals surface area contributed by atoms with E-state index in [2.05, 4.69) is 9.97 Å². The van der Waals surface area contributed by atoms with Crippen LogP contribution in [-0.4, -0.2) is 20.2 Å². The third-order valence-electron chi connectivity index (χ3n) is 3.07. The van der Waals surface area contributed by atoms with Gasteiger partial charge < -0.3 is 15.2 Å². The molecule has 1 aromatic heterocycles. The van der Waals surface area contributed by atoms with Gasteiger partial charge in [0.1, 0.15) is 22.9 Å². The number of rotatable bonds is 1. The smallest absolute Gasteiger partial charge is 0.416 e. The minimum Gasteiger partial charge on any atom is -0.507 e. The van der Waals surface area contributed by atoms with Gasteiger partial charge in [-0.2, -0.15) is 13.2 Å². The van der Waals surface area contributed by atoms with E-state index in [9.17, 15) is 23.4 Å². The number of nitrogens with one attached hydrogen (secondary N) is 1. The van der Waals surface area contributed by atoms with Crippen molar-refractivity contribution in [3.8, 4) is 22.9 Å². The molecule has 0 unspecified atom stereocenters. The molecule has 0 bridgehead atoms. The second kappa shape index (κ2) is 4.41. The molecule has 3 aromatic rings. The lowest BCUT2D eigenvalue weighted by Gasteiger charge is -2.05. The number of hydrogen-bond acceptors (Lipinski definition) is 3. The molecule has 108 valence electrons. The number of hydrogen-bond donors (Lipinski definition) is 3. The van der Waals surface area contributed by atoms with Crippen molar-refractivity contribution in [1.82, 2.24) is 9.97 Å². The molecule has 3 N–H and O–H groups in total. The Labute approximate surface area is 116 Å². The summed E-state index contributed by atoms with van der Waals surface area (Å²) in [7, 11) is 0. The van der Waals surface area contributed by atoms with Crippen LogP contribution in [0.15, 0.2) is 36.4 Å². The van der Waals surface area contributed by atoms with Crippen LogP contribution in [0.5, 0.6) is 11.5 Å². The second-order valence-electron chi connectivity index (χ2n) is 4.49. The fourth-order valence-corrected chi connectivity index (χ4v) is 2.08. The molecule has 21 heavy (non-hydrogen) atoms. The summed E-state index contributed by atoms with van der Waals surface area (Å²) >= 11 is 0. The van der Waals surface area contributed by atoms with Crippen LogP contribution in [0.2, 0.25) is 0 Å². The number of benzene rings is 2. The normalized spacial score (nSPS) is 12.0. The summed E-state index contributed by atoms with van der Waals surface area (Å²) in [4.78, 5) is 6.76.